The van der Waals surface area contributed by atoms with Crippen LogP contribution in [0.15, 0.2) is 0 Å². The molecular weight excluding hydrogens is 283 g/mol. The molecule has 0 aromatic rings. The summed E-state index contributed by atoms with van der Waals surface area (Å²) < 4.78 is 42.9. The van der Waals surface area contributed by atoms with Gasteiger partial charge in [-0.3, -0.25) is 0 Å². The Kier molecular flexibility index (Phi) is 19.4. The maximum absolute atomic E-state index is 11.7. The molecule has 0 fully saturated rings. The number of alkyl halides is 1. The van der Waals surface area contributed by atoms with Gasteiger partial charge in [0.25, 0.3) is 0 Å². The van der Waals surface area contributed by atoms with Crippen molar-refractivity contribution in [3.63, 3.8) is 0 Å². The van der Waals surface area contributed by atoms with E-state index in [-0.39, 0.29) is 6.61 Å². The van der Waals surface area contributed by atoms with E-state index in [1.54, 1.807) is 0 Å². The molecule has 0 heterocycles. The molecule has 6 nitrogen and oxygen atoms in total. The van der Waals surface area contributed by atoms with Gasteiger partial charge in [0.05, 0.1) is 72.7 Å². The molecule has 0 N–H and O–H groups in total. The average molecular weight is 312 g/mol. The number of hydrogen-bond donors (Lipinski definition) is 0. The summed E-state index contributed by atoms with van der Waals surface area (Å²) in [6.07, 6.45) is 0. The first kappa shape index (κ1) is 20.7. The van der Waals surface area contributed by atoms with Crippen LogP contribution in [-0.2, 0) is 28.4 Å². The zero-order chi connectivity index (χ0) is 15.4. The van der Waals surface area contributed by atoms with Crippen LogP contribution in [-0.4, -0.2) is 86.0 Å². The van der Waals surface area contributed by atoms with Gasteiger partial charge in [0.15, 0.2) is 0 Å². The Bertz CT molecular complexity index is 167. The molecule has 0 saturated heterocycles. The molecule has 0 saturated carbocycles. The topological polar surface area (TPSA) is 55.4 Å². The van der Waals surface area contributed by atoms with E-state index in [0.717, 1.165) is 0 Å². The first-order valence-corrected chi connectivity index (χ1v) is 7.44. The van der Waals surface area contributed by atoms with E-state index in [1.807, 2.05) is 6.92 Å². The smallest absolute Gasteiger partial charge is 0.113 e. The summed E-state index contributed by atoms with van der Waals surface area (Å²) in [5.41, 5.74) is 0. The first-order valence-electron chi connectivity index (χ1n) is 7.44. The van der Waals surface area contributed by atoms with Crippen molar-refractivity contribution in [2.24, 2.45) is 0 Å². The largest absolute Gasteiger partial charge is 0.379 e. The molecule has 0 atom stereocenters. The van der Waals surface area contributed by atoms with Gasteiger partial charge in [-0.1, -0.05) is 0 Å². The highest BCUT2D eigenvalue weighted by Gasteiger charge is 1.93. The highest BCUT2D eigenvalue weighted by Crippen LogP contribution is 1.84. The zero-order valence-electron chi connectivity index (χ0n) is 13.0. The minimum Gasteiger partial charge on any atom is -0.379 e. The molecular formula is C14H29FO6. The van der Waals surface area contributed by atoms with Crippen LogP contribution in [0.3, 0.4) is 0 Å². The van der Waals surface area contributed by atoms with E-state index >= 15 is 0 Å². The van der Waals surface area contributed by atoms with Crippen LogP contribution in [0.1, 0.15) is 6.92 Å². The fraction of sp³-hybridized carbons (Fsp3) is 1.00. The molecule has 0 aliphatic carbocycles. The number of halogens is 1. The Morgan fingerprint density at radius 1 is 0.476 bits per heavy atom. The minimum absolute atomic E-state index is 0.131. The molecule has 0 bridgehead atoms. The quantitative estimate of drug-likeness (QED) is 0.353. The Labute approximate surface area is 126 Å². The average Bonchev–Trinajstić information content (AvgIpc) is 2.50. The van der Waals surface area contributed by atoms with Crippen LogP contribution < -0.4 is 0 Å². The van der Waals surface area contributed by atoms with Crippen molar-refractivity contribution in [3.8, 4) is 0 Å². The van der Waals surface area contributed by atoms with E-state index in [1.165, 1.54) is 0 Å². The van der Waals surface area contributed by atoms with Crippen molar-refractivity contribution in [2.45, 2.75) is 6.92 Å². The number of ether oxygens (including phenoxy) is 6. The molecule has 0 amide bonds. The number of hydrogen-bond acceptors (Lipinski definition) is 6. The van der Waals surface area contributed by atoms with Gasteiger partial charge in [-0.2, -0.15) is 0 Å². The SMILES string of the molecule is CCOCCOCCOCCOCCOCCOCCF. The Morgan fingerprint density at radius 2 is 0.762 bits per heavy atom. The molecule has 0 aliphatic rings. The first-order chi connectivity index (χ1) is 10.4. The van der Waals surface area contributed by atoms with Crippen LogP contribution in [0.2, 0.25) is 0 Å². The van der Waals surface area contributed by atoms with E-state index in [9.17, 15) is 4.39 Å². The van der Waals surface area contributed by atoms with E-state index in [0.29, 0.717) is 72.7 Å². The summed E-state index contributed by atoms with van der Waals surface area (Å²) >= 11 is 0. The lowest BCUT2D eigenvalue weighted by molar-refractivity contribution is -0.0166. The van der Waals surface area contributed by atoms with Crippen molar-refractivity contribution in [1.82, 2.24) is 0 Å². The van der Waals surface area contributed by atoms with Crippen LogP contribution >= 0.6 is 0 Å². The van der Waals surface area contributed by atoms with Gasteiger partial charge < -0.3 is 28.4 Å². The van der Waals surface area contributed by atoms with Crippen molar-refractivity contribution in [3.05, 3.63) is 0 Å². The van der Waals surface area contributed by atoms with Crippen molar-refractivity contribution < 1.29 is 32.8 Å². The highest BCUT2D eigenvalue weighted by molar-refractivity contribution is 4.36. The maximum atomic E-state index is 11.7. The summed E-state index contributed by atoms with van der Waals surface area (Å²) in [4.78, 5) is 0. The van der Waals surface area contributed by atoms with Gasteiger partial charge in [-0.25, -0.2) is 4.39 Å². The third-order valence-corrected chi connectivity index (χ3v) is 2.29. The summed E-state index contributed by atoms with van der Waals surface area (Å²) in [5.74, 6) is 0. The lowest BCUT2D eigenvalue weighted by Crippen LogP contribution is -2.14. The van der Waals surface area contributed by atoms with Gasteiger partial charge in [0.1, 0.15) is 6.67 Å². The Hall–Kier alpha value is -0.310. The van der Waals surface area contributed by atoms with E-state index in [2.05, 4.69) is 0 Å². The molecule has 7 heteroatoms. The molecule has 0 spiro atoms. The van der Waals surface area contributed by atoms with Gasteiger partial charge >= 0.3 is 0 Å². The van der Waals surface area contributed by atoms with Crippen molar-refractivity contribution >= 4 is 0 Å². The predicted octanol–water partition coefficient (Wildman–Crippen LogP) is 1.08. The van der Waals surface area contributed by atoms with Gasteiger partial charge in [0.2, 0.25) is 0 Å². The number of rotatable bonds is 18. The second kappa shape index (κ2) is 19.7. The van der Waals surface area contributed by atoms with Crippen molar-refractivity contribution in [1.29, 1.82) is 0 Å². The minimum atomic E-state index is -0.458. The fourth-order valence-electron chi connectivity index (χ4n) is 1.30. The summed E-state index contributed by atoms with van der Waals surface area (Å²) in [6.45, 7) is 7.63. The molecule has 21 heavy (non-hydrogen) atoms. The van der Waals surface area contributed by atoms with Gasteiger partial charge in [-0.15, -0.1) is 0 Å². The highest BCUT2D eigenvalue weighted by atomic mass is 19.1. The molecule has 0 radical (unpaired) electrons. The van der Waals surface area contributed by atoms with Crippen LogP contribution in [0.5, 0.6) is 0 Å². The van der Waals surface area contributed by atoms with Crippen molar-refractivity contribution in [2.75, 3.05) is 86.0 Å². The Balaban J connectivity index is 2.90. The fourth-order valence-corrected chi connectivity index (χ4v) is 1.30. The molecule has 0 aliphatic heterocycles. The second-order valence-corrected chi connectivity index (χ2v) is 3.95. The second-order valence-electron chi connectivity index (χ2n) is 3.95. The van der Waals surface area contributed by atoms with E-state index in [4.69, 9.17) is 28.4 Å². The zero-order valence-corrected chi connectivity index (χ0v) is 13.0. The Morgan fingerprint density at radius 3 is 1.05 bits per heavy atom. The predicted molar refractivity (Wildman–Crippen MR) is 76.6 cm³/mol. The molecule has 0 aromatic heterocycles. The molecule has 0 unspecified atom stereocenters. The standard InChI is InChI=1S/C14H29FO6/c1-2-16-5-6-18-9-10-20-13-14-21-12-11-19-8-7-17-4-3-15/h2-14H2,1H3. The third-order valence-electron chi connectivity index (χ3n) is 2.29. The lowest BCUT2D eigenvalue weighted by Gasteiger charge is -2.07. The van der Waals surface area contributed by atoms with Crippen LogP contribution in [0.25, 0.3) is 0 Å². The molecule has 128 valence electrons. The van der Waals surface area contributed by atoms with Crippen LogP contribution in [0, 0.1) is 0 Å². The van der Waals surface area contributed by atoms with Gasteiger partial charge in [-0.05, 0) is 6.92 Å². The monoisotopic (exact) mass is 312 g/mol. The summed E-state index contributed by atoms with van der Waals surface area (Å²) in [6, 6.07) is 0. The summed E-state index contributed by atoms with van der Waals surface area (Å²) in [5, 5.41) is 0. The maximum Gasteiger partial charge on any atom is 0.113 e. The molecule has 0 rings (SSSR count). The molecule has 0 aromatic carbocycles. The van der Waals surface area contributed by atoms with Crippen LogP contribution in [0.4, 0.5) is 4.39 Å². The summed E-state index contributed by atoms with van der Waals surface area (Å²) in [7, 11) is 0. The van der Waals surface area contributed by atoms with Gasteiger partial charge in [0, 0.05) is 6.61 Å². The van der Waals surface area contributed by atoms with E-state index < -0.39 is 6.67 Å². The lowest BCUT2D eigenvalue weighted by atomic mass is 10.7. The third kappa shape index (κ3) is 19.7. The normalized spacial score (nSPS) is 11.1.